The maximum atomic E-state index is 12.1. The molecule has 4 N–H and O–H groups in total. The minimum atomic E-state index is -0.534. The zero-order valence-electron chi connectivity index (χ0n) is 13.7. The van der Waals surface area contributed by atoms with E-state index >= 15 is 0 Å². The second-order valence-electron chi connectivity index (χ2n) is 5.49. The first kappa shape index (κ1) is 17.0. The van der Waals surface area contributed by atoms with Crippen LogP contribution in [0.4, 0.5) is 11.4 Å². The lowest BCUT2D eigenvalue weighted by molar-refractivity contribution is 0.0720. The van der Waals surface area contributed by atoms with Crippen LogP contribution in [-0.2, 0) is 0 Å². The van der Waals surface area contributed by atoms with E-state index in [0.29, 0.717) is 34.0 Å². The van der Waals surface area contributed by atoms with Crippen molar-refractivity contribution in [1.82, 2.24) is 0 Å². The Hall–Kier alpha value is -3.80. The SMILES string of the molecule is Nc1ccc(OC(=O)c2ccc(C(=O)Oc3ccc(N)cc3)cc2)cc1. The molecule has 0 saturated heterocycles. The largest absolute Gasteiger partial charge is 0.423 e. The van der Waals surface area contributed by atoms with Gasteiger partial charge in [-0.15, -0.1) is 0 Å². The van der Waals surface area contributed by atoms with Crippen molar-refractivity contribution in [3.05, 3.63) is 83.9 Å². The summed E-state index contributed by atoms with van der Waals surface area (Å²) in [5, 5.41) is 0. The third-order valence-electron chi connectivity index (χ3n) is 3.54. The van der Waals surface area contributed by atoms with E-state index in [0.717, 1.165) is 0 Å². The number of carbonyl (C=O) groups is 2. The number of hydrogen-bond acceptors (Lipinski definition) is 6. The fourth-order valence-electron chi connectivity index (χ4n) is 2.15. The van der Waals surface area contributed by atoms with Crippen molar-refractivity contribution in [2.45, 2.75) is 0 Å². The van der Waals surface area contributed by atoms with Gasteiger partial charge in [0.2, 0.25) is 0 Å². The lowest BCUT2D eigenvalue weighted by atomic mass is 10.1. The molecule has 6 heteroatoms. The van der Waals surface area contributed by atoms with Crippen LogP contribution in [0.25, 0.3) is 0 Å². The van der Waals surface area contributed by atoms with Gasteiger partial charge in [-0.3, -0.25) is 0 Å². The van der Waals surface area contributed by atoms with Crippen molar-refractivity contribution in [3.8, 4) is 11.5 Å². The lowest BCUT2D eigenvalue weighted by Crippen LogP contribution is -2.11. The van der Waals surface area contributed by atoms with Crippen LogP contribution < -0.4 is 20.9 Å². The molecule has 0 aromatic heterocycles. The van der Waals surface area contributed by atoms with Gasteiger partial charge < -0.3 is 20.9 Å². The van der Waals surface area contributed by atoms with Crippen molar-refractivity contribution in [3.63, 3.8) is 0 Å². The Morgan fingerprint density at radius 2 is 0.846 bits per heavy atom. The van der Waals surface area contributed by atoms with E-state index < -0.39 is 11.9 Å². The first-order valence-electron chi connectivity index (χ1n) is 7.77. The molecule has 0 spiro atoms. The van der Waals surface area contributed by atoms with Gasteiger partial charge in [-0.1, -0.05) is 0 Å². The molecular formula is C20H16N2O4. The van der Waals surface area contributed by atoms with Crippen LogP contribution in [0.15, 0.2) is 72.8 Å². The molecule has 0 aliphatic heterocycles. The molecule has 0 bridgehead atoms. The van der Waals surface area contributed by atoms with Gasteiger partial charge in [0, 0.05) is 11.4 Å². The van der Waals surface area contributed by atoms with E-state index in [1.54, 1.807) is 48.5 Å². The highest BCUT2D eigenvalue weighted by atomic mass is 16.5. The summed E-state index contributed by atoms with van der Waals surface area (Å²) < 4.78 is 10.5. The first-order valence-corrected chi connectivity index (χ1v) is 7.77. The van der Waals surface area contributed by atoms with Crippen molar-refractivity contribution in [2.75, 3.05) is 11.5 Å². The van der Waals surface area contributed by atoms with E-state index in [-0.39, 0.29) is 0 Å². The van der Waals surface area contributed by atoms with Gasteiger partial charge in [0.25, 0.3) is 0 Å². The summed E-state index contributed by atoms with van der Waals surface area (Å²) >= 11 is 0. The number of esters is 2. The average molecular weight is 348 g/mol. The topological polar surface area (TPSA) is 105 Å². The molecule has 0 atom stereocenters. The standard InChI is InChI=1S/C20H16N2O4/c21-15-5-9-17(10-6-15)25-19(23)13-1-2-14(4-3-13)20(24)26-18-11-7-16(22)8-12-18/h1-12H,21-22H2. The molecule has 0 aliphatic rings. The van der Waals surface area contributed by atoms with Gasteiger partial charge in [0.15, 0.2) is 0 Å². The minimum absolute atomic E-state index is 0.311. The zero-order valence-corrected chi connectivity index (χ0v) is 13.7. The lowest BCUT2D eigenvalue weighted by Gasteiger charge is -2.07. The van der Waals surface area contributed by atoms with Gasteiger partial charge in [-0.25, -0.2) is 9.59 Å². The van der Waals surface area contributed by atoms with E-state index in [2.05, 4.69) is 0 Å². The second-order valence-corrected chi connectivity index (χ2v) is 5.49. The van der Waals surface area contributed by atoms with Crippen molar-refractivity contribution < 1.29 is 19.1 Å². The molecule has 0 saturated carbocycles. The van der Waals surface area contributed by atoms with Crippen LogP contribution in [0.3, 0.4) is 0 Å². The molecule has 3 rings (SSSR count). The molecule has 0 aliphatic carbocycles. The number of nitrogen functional groups attached to an aromatic ring is 2. The summed E-state index contributed by atoms with van der Waals surface area (Å²) in [7, 11) is 0. The number of hydrogen-bond donors (Lipinski definition) is 2. The van der Waals surface area contributed by atoms with Gasteiger partial charge in [0.1, 0.15) is 11.5 Å². The van der Waals surface area contributed by atoms with Gasteiger partial charge in [-0.2, -0.15) is 0 Å². The number of nitrogens with two attached hydrogens (primary N) is 2. The summed E-state index contributed by atoms with van der Waals surface area (Å²) in [5.74, 6) is -0.298. The predicted octanol–water partition coefficient (Wildman–Crippen LogP) is 3.29. The maximum absolute atomic E-state index is 12.1. The van der Waals surface area contributed by atoms with E-state index in [9.17, 15) is 9.59 Å². The number of rotatable bonds is 4. The van der Waals surface area contributed by atoms with Gasteiger partial charge in [-0.05, 0) is 72.8 Å². The maximum Gasteiger partial charge on any atom is 0.343 e. The van der Waals surface area contributed by atoms with Crippen LogP contribution in [0, 0.1) is 0 Å². The van der Waals surface area contributed by atoms with E-state index in [4.69, 9.17) is 20.9 Å². The first-order chi connectivity index (χ1) is 12.5. The molecule has 6 nitrogen and oxygen atoms in total. The van der Waals surface area contributed by atoms with E-state index in [1.807, 2.05) is 0 Å². The summed E-state index contributed by atoms with van der Waals surface area (Å²) in [6.45, 7) is 0. The summed E-state index contributed by atoms with van der Waals surface area (Å²) in [6.07, 6.45) is 0. The number of anilines is 2. The van der Waals surface area contributed by atoms with Crippen molar-refractivity contribution >= 4 is 23.3 Å². The highest BCUT2D eigenvalue weighted by molar-refractivity contribution is 5.94. The predicted molar refractivity (Wildman–Crippen MR) is 98.1 cm³/mol. The Kier molecular flexibility index (Phi) is 4.85. The van der Waals surface area contributed by atoms with Crippen LogP contribution in [0.2, 0.25) is 0 Å². The van der Waals surface area contributed by atoms with Crippen molar-refractivity contribution in [1.29, 1.82) is 0 Å². The molecule has 0 heterocycles. The van der Waals surface area contributed by atoms with Gasteiger partial charge in [0.05, 0.1) is 11.1 Å². The Bertz CT molecular complexity index is 839. The normalized spacial score (nSPS) is 10.2. The average Bonchev–Trinajstić information content (AvgIpc) is 2.65. The summed E-state index contributed by atoms with van der Waals surface area (Å²) in [6, 6.07) is 19.0. The van der Waals surface area contributed by atoms with Crippen LogP contribution >= 0.6 is 0 Å². The molecule has 26 heavy (non-hydrogen) atoms. The molecule has 130 valence electrons. The number of ether oxygens (including phenoxy) is 2. The molecule has 0 amide bonds. The summed E-state index contributed by atoms with van der Waals surface area (Å²) in [5.41, 5.74) is 12.9. The van der Waals surface area contributed by atoms with E-state index in [1.165, 1.54) is 24.3 Å². The second kappa shape index (κ2) is 7.40. The third-order valence-corrected chi connectivity index (χ3v) is 3.54. The fourth-order valence-corrected chi connectivity index (χ4v) is 2.15. The van der Waals surface area contributed by atoms with Crippen LogP contribution in [0.1, 0.15) is 20.7 Å². The fraction of sp³-hybridized carbons (Fsp3) is 0. The molecule has 0 unspecified atom stereocenters. The van der Waals surface area contributed by atoms with Crippen molar-refractivity contribution in [2.24, 2.45) is 0 Å². The number of benzene rings is 3. The Morgan fingerprint density at radius 1 is 0.538 bits per heavy atom. The summed E-state index contributed by atoms with van der Waals surface area (Å²) in [4.78, 5) is 24.2. The Morgan fingerprint density at radius 3 is 1.15 bits per heavy atom. The monoisotopic (exact) mass is 348 g/mol. The number of carbonyl (C=O) groups excluding carboxylic acids is 2. The highest BCUT2D eigenvalue weighted by Gasteiger charge is 2.12. The Balaban J connectivity index is 1.65. The van der Waals surface area contributed by atoms with Crippen LogP contribution in [0.5, 0.6) is 11.5 Å². The zero-order chi connectivity index (χ0) is 18.5. The molecule has 0 fully saturated rings. The molecular weight excluding hydrogens is 332 g/mol. The molecule has 3 aromatic rings. The minimum Gasteiger partial charge on any atom is -0.423 e. The molecule has 0 radical (unpaired) electrons. The van der Waals surface area contributed by atoms with Crippen LogP contribution in [-0.4, -0.2) is 11.9 Å². The molecule has 3 aromatic carbocycles. The smallest absolute Gasteiger partial charge is 0.343 e. The third kappa shape index (κ3) is 4.18. The highest BCUT2D eigenvalue weighted by Crippen LogP contribution is 2.17. The van der Waals surface area contributed by atoms with Gasteiger partial charge >= 0.3 is 11.9 Å². The Labute approximate surface area is 150 Å². The quantitative estimate of drug-likeness (QED) is 0.426.